The topological polar surface area (TPSA) is 93.7 Å². The van der Waals surface area contributed by atoms with Gasteiger partial charge in [0.25, 0.3) is 15.9 Å². The SMILES string of the molecule is CC1Oc2ccc(S(=O)(=O)Nc3ccc(OCc4ccccc4)cc3)cc2NC1=O. The van der Waals surface area contributed by atoms with E-state index < -0.39 is 16.1 Å². The Morgan fingerprint density at radius 3 is 2.50 bits per heavy atom. The van der Waals surface area contributed by atoms with Gasteiger partial charge in [-0.05, 0) is 55.0 Å². The van der Waals surface area contributed by atoms with Crippen LogP contribution in [0.2, 0.25) is 0 Å². The van der Waals surface area contributed by atoms with Crippen molar-refractivity contribution in [3.8, 4) is 11.5 Å². The van der Waals surface area contributed by atoms with Gasteiger partial charge in [-0.15, -0.1) is 0 Å². The van der Waals surface area contributed by atoms with Gasteiger partial charge in [0.05, 0.1) is 10.6 Å². The van der Waals surface area contributed by atoms with Gasteiger partial charge in [-0.2, -0.15) is 0 Å². The van der Waals surface area contributed by atoms with E-state index >= 15 is 0 Å². The van der Waals surface area contributed by atoms with Crippen LogP contribution in [0.25, 0.3) is 0 Å². The van der Waals surface area contributed by atoms with Crippen LogP contribution in [0.4, 0.5) is 11.4 Å². The third-order valence-electron chi connectivity index (χ3n) is 4.55. The monoisotopic (exact) mass is 424 g/mol. The van der Waals surface area contributed by atoms with Gasteiger partial charge in [-0.25, -0.2) is 8.42 Å². The highest BCUT2D eigenvalue weighted by Crippen LogP contribution is 2.32. The molecule has 3 aromatic rings. The Labute approximate surface area is 174 Å². The van der Waals surface area contributed by atoms with Crippen molar-refractivity contribution in [1.82, 2.24) is 0 Å². The van der Waals surface area contributed by atoms with Crippen molar-refractivity contribution in [3.05, 3.63) is 78.4 Å². The Kier molecular flexibility index (Phi) is 5.33. The Hall–Kier alpha value is -3.52. The van der Waals surface area contributed by atoms with Crippen molar-refractivity contribution in [1.29, 1.82) is 0 Å². The lowest BCUT2D eigenvalue weighted by Gasteiger charge is -2.23. The van der Waals surface area contributed by atoms with Crippen LogP contribution in [0, 0.1) is 0 Å². The summed E-state index contributed by atoms with van der Waals surface area (Å²) in [7, 11) is -3.84. The lowest BCUT2D eigenvalue weighted by atomic mass is 10.2. The number of anilines is 2. The minimum atomic E-state index is -3.84. The molecule has 0 aliphatic carbocycles. The van der Waals surface area contributed by atoms with Crippen LogP contribution in [0.15, 0.2) is 77.7 Å². The second-order valence-electron chi connectivity index (χ2n) is 6.81. The number of rotatable bonds is 6. The largest absolute Gasteiger partial charge is 0.489 e. The van der Waals surface area contributed by atoms with Gasteiger partial charge in [-0.3, -0.25) is 9.52 Å². The predicted molar refractivity (Wildman–Crippen MR) is 113 cm³/mol. The molecular weight excluding hydrogens is 404 g/mol. The van der Waals surface area contributed by atoms with Gasteiger partial charge >= 0.3 is 0 Å². The first-order chi connectivity index (χ1) is 14.4. The van der Waals surface area contributed by atoms with Crippen molar-refractivity contribution < 1.29 is 22.7 Å². The number of sulfonamides is 1. The minimum absolute atomic E-state index is 0.0177. The van der Waals surface area contributed by atoms with Crippen molar-refractivity contribution in [2.24, 2.45) is 0 Å². The third kappa shape index (κ3) is 4.38. The summed E-state index contributed by atoms with van der Waals surface area (Å²) < 4.78 is 39.2. The number of hydrogen-bond donors (Lipinski definition) is 2. The van der Waals surface area contributed by atoms with Crippen LogP contribution in [0.1, 0.15) is 12.5 Å². The fourth-order valence-corrected chi connectivity index (χ4v) is 4.01. The molecule has 0 bridgehead atoms. The molecule has 1 heterocycles. The molecule has 7 nitrogen and oxygen atoms in total. The molecule has 3 aromatic carbocycles. The third-order valence-corrected chi connectivity index (χ3v) is 5.93. The Bertz CT molecular complexity index is 1160. The van der Waals surface area contributed by atoms with Gasteiger partial charge in [0, 0.05) is 5.69 Å². The summed E-state index contributed by atoms with van der Waals surface area (Å²) in [5.74, 6) is 0.738. The standard InChI is InChI=1S/C22H20N2O5S/c1-15-22(25)23-20-13-19(11-12-21(20)29-15)30(26,27)24-17-7-9-18(10-8-17)28-14-16-5-3-2-4-6-16/h2-13,15,24H,14H2,1H3,(H,23,25). The van der Waals surface area contributed by atoms with Crippen molar-refractivity contribution in [3.63, 3.8) is 0 Å². The summed E-state index contributed by atoms with van der Waals surface area (Å²) in [5, 5.41) is 2.65. The van der Waals surface area contributed by atoms with E-state index in [2.05, 4.69) is 10.0 Å². The maximum Gasteiger partial charge on any atom is 0.265 e. The van der Waals surface area contributed by atoms with E-state index in [0.717, 1.165) is 5.56 Å². The first kappa shape index (κ1) is 19.8. The molecule has 30 heavy (non-hydrogen) atoms. The number of ether oxygens (including phenoxy) is 2. The van der Waals surface area contributed by atoms with Crippen molar-refractivity contribution in [2.45, 2.75) is 24.5 Å². The Morgan fingerprint density at radius 2 is 1.77 bits per heavy atom. The normalized spacial score (nSPS) is 15.5. The van der Waals surface area contributed by atoms with Crippen molar-refractivity contribution in [2.75, 3.05) is 10.0 Å². The lowest BCUT2D eigenvalue weighted by Crippen LogP contribution is -2.34. The molecule has 1 atom stereocenters. The van der Waals surface area contributed by atoms with E-state index in [9.17, 15) is 13.2 Å². The summed E-state index contributed by atoms with van der Waals surface area (Å²) in [5.41, 5.74) is 1.76. The van der Waals surface area contributed by atoms with E-state index in [1.807, 2.05) is 30.3 Å². The second-order valence-corrected chi connectivity index (χ2v) is 8.49. The van der Waals surface area contributed by atoms with Crippen LogP contribution in [-0.4, -0.2) is 20.4 Å². The summed E-state index contributed by atoms with van der Waals surface area (Å²) >= 11 is 0. The van der Waals surface area contributed by atoms with Crippen LogP contribution >= 0.6 is 0 Å². The van der Waals surface area contributed by atoms with E-state index in [-0.39, 0.29) is 10.8 Å². The molecule has 154 valence electrons. The summed E-state index contributed by atoms with van der Waals surface area (Å²) in [4.78, 5) is 11.8. The minimum Gasteiger partial charge on any atom is -0.489 e. The van der Waals surface area contributed by atoms with Gasteiger partial charge in [0.1, 0.15) is 18.1 Å². The summed E-state index contributed by atoms with van der Waals surface area (Å²) in [6.07, 6.45) is -0.624. The number of fused-ring (bicyclic) bond motifs is 1. The first-order valence-corrected chi connectivity index (χ1v) is 10.8. The van der Waals surface area contributed by atoms with Crippen LogP contribution in [-0.2, 0) is 21.4 Å². The zero-order valence-electron chi connectivity index (χ0n) is 16.2. The van der Waals surface area contributed by atoms with E-state index in [1.54, 1.807) is 31.2 Å². The summed E-state index contributed by atoms with van der Waals surface area (Å²) in [6.45, 7) is 2.05. The zero-order valence-corrected chi connectivity index (χ0v) is 17.0. The quantitative estimate of drug-likeness (QED) is 0.628. The van der Waals surface area contributed by atoms with E-state index in [0.29, 0.717) is 29.5 Å². The molecule has 0 saturated heterocycles. The zero-order chi connectivity index (χ0) is 21.1. The van der Waals surface area contributed by atoms with Gasteiger partial charge < -0.3 is 14.8 Å². The molecule has 1 aliphatic heterocycles. The highest BCUT2D eigenvalue weighted by atomic mass is 32.2. The number of benzene rings is 3. The number of amides is 1. The maximum atomic E-state index is 12.7. The van der Waals surface area contributed by atoms with Gasteiger partial charge in [0.15, 0.2) is 6.10 Å². The van der Waals surface area contributed by atoms with Gasteiger partial charge in [-0.1, -0.05) is 30.3 Å². The average Bonchev–Trinajstić information content (AvgIpc) is 2.74. The number of nitrogens with one attached hydrogen (secondary N) is 2. The molecule has 0 radical (unpaired) electrons. The average molecular weight is 424 g/mol. The molecule has 8 heteroatoms. The van der Waals surface area contributed by atoms with Crippen LogP contribution < -0.4 is 19.5 Å². The molecule has 0 saturated carbocycles. The summed E-state index contributed by atoms with van der Waals surface area (Å²) in [6, 6.07) is 20.7. The molecule has 1 aliphatic rings. The second kappa shape index (κ2) is 8.08. The molecule has 2 N–H and O–H groups in total. The fraction of sp³-hybridized carbons (Fsp3) is 0.136. The number of carbonyl (C=O) groups excluding carboxylic acids is 1. The number of carbonyl (C=O) groups is 1. The maximum absolute atomic E-state index is 12.7. The smallest absolute Gasteiger partial charge is 0.265 e. The first-order valence-electron chi connectivity index (χ1n) is 9.32. The molecule has 0 fully saturated rings. The molecule has 4 rings (SSSR count). The highest BCUT2D eigenvalue weighted by molar-refractivity contribution is 7.92. The van der Waals surface area contributed by atoms with Crippen LogP contribution in [0.3, 0.4) is 0 Å². The van der Waals surface area contributed by atoms with Crippen molar-refractivity contribution >= 4 is 27.3 Å². The molecule has 0 aromatic heterocycles. The van der Waals surface area contributed by atoms with Gasteiger partial charge in [0.2, 0.25) is 0 Å². The van der Waals surface area contributed by atoms with E-state index in [4.69, 9.17) is 9.47 Å². The van der Waals surface area contributed by atoms with Crippen LogP contribution in [0.5, 0.6) is 11.5 Å². The Balaban J connectivity index is 1.44. The predicted octanol–water partition coefficient (Wildman–Crippen LogP) is 3.79. The molecular formula is C22H20N2O5S. The highest BCUT2D eigenvalue weighted by Gasteiger charge is 2.25. The van der Waals surface area contributed by atoms with E-state index in [1.165, 1.54) is 18.2 Å². The molecule has 1 amide bonds. The number of hydrogen-bond acceptors (Lipinski definition) is 5. The molecule has 0 spiro atoms. The fourth-order valence-electron chi connectivity index (χ4n) is 2.93. The lowest BCUT2D eigenvalue weighted by molar-refractivity contribution is -0.122. The Morgan fingerprint density at radius 1 is 1.03 bits per heavy atom. The molecule has 1 unspecified atom stereocenters.